The van der Waals surface area contributed by atoms with Crippen LogP contribution in [0.5, 0.6) is 0 Å². The van der Waals surface area contributed by atoms with Crippen molar-refractivity contribution in [3.05, 3.63) is 113 Å². The molecule has 0 fully saturated rings. The zero-order chi connectivity index (χ0) is 19.6. The predicted octanol–water partition coefficient (Wildman–Crippen LogP) is 5.10. The molecule has 4 nitrogen and oxygen atoms in total. The molecule has 0 saturated heterocycles. The van der Waals surface area contributed by atoms with Gasteiger partial charge in [0.15, 0.2) is 5.82 Å². The fourth-order valence-electron chi connectivity index (χ4n) is 3.49. The van der Waals surface area contributed by atoms with Gasteiger partial charge in [0.25, 0.3) is 5.56 Å². The Morgan fingerprint density at radius 2 is 1.41 bits per heavy atom. The largest absolute Gasteiger partial charge is 0.282 e. The van der Waals surface area contributed by atoms with E-state index in [1.807, 2.05) is 72.8 Å². The third kappa shape index (κ3) is 3.11. The lowest BCUT2D eigenvalue weighted by Gasteiger charge is -2.09. The smallest absolute Gasteiger partial charge is 0.267 e. The van der Waals surface area contributed by atoms with Gasteiger partial charge in [0.05, 0.1) is 17.1 Å². The van der Waals surface area contributed by atoms with E-state index in [1.165, 1.54) is 4.68 Å². The van der Waals surface area contributed by atoms with Crippen LogP contribution in [0.2, 0.25) is 0 Å². The highest BCUT2D eigenvalue weighted by Crippen LogP contribution is 2.20. The summed E-state index contributed by atoms with van der Waals surface area (Å²) in [6, 6.07) is 31.2. The Labute approximate surface area is 167 Å². The van der Waals surface area contributed by atoms with Gasteiger partial charge in [0.1, 0.15) is 0 Å². The normalized spacial score (nSPS) is 11.4. The summed E-state index contributed by atoms with van der Waals surface area (Å²) in [5, 5.41) is 7.33. The Bertz CT molecular complexity index is 1410. The summed E-state index contributed by atoms with van der Waals surface area (Å²) in [4.78, 5) is 17.9. The lowest BCUT2D eigenvalue weighted by atomic mass is 10.1. The van der Waals surface area contributed by atoms with Crippen LogP contribution in [0.25, 0.3) is 33.1 Å². The molecule has 29 heavy (non-hydrogen) atoms. The molecule has 5 aromatic rings. The van der Waals surface area contributed by atoms with Gasteiger partial charge in [-0.3, -0.25) is 4.79 Å². The first-order valence-electron chi connectivity index (χ1n) is 9.40. The molecule has 0 aliphatic heterocycles. The minimum atomic E-state index is -0.189. The fourth-order valence-corrected chi connectivity index (χ4v) is 3.49. The SMILES string of the molecule is O=c1c2ccccc2nc(-c2ccccc2)n1/N=C/c1cccc2ccccc12. The van der Waals surface area contributed by atoms with Crippen LogP contribution in [0.1, 0.15) is 5.56 Å². The predicted molar refractivity (Wildman–Crippen MR) is 118 cm³/mol. The summed E-state index contributed by atoms with van der Waals surface area (Å²) in [5.74, 6) is 0.519. The Balaban J connectivity index is 1.74. The number of benzene rings is 4. The van der Waals surface area contributed by atoms with Crippen LogP contribution >= 0.6 is 0 Å². The van der Waals surface area contributed by atoms with Crippen LogP contribution in [0, 0.1) is 0 Å². The van der Waals surface area contributed by atoms with Gasteiger partial charge >= 0.3 is 0 Å². The third-order valence-corrected chi connectivity index (χ3v) is 4.92. The lowest BCUT2D eigenvalue weighted by Crippen LogP contribution is -2.20. The molecule has 0 unspecified atom stereocenters. The molecule has 0 saturated carbocycles. The fraction of sp³-hybridized carbons (Fsp3) is 0. The van der Waals surface area contributed by atoms with E-state index in [9.17, 15) is 4.79 Å². The summed E-state index contributed by atoms with van der Waals surface area (Å²) in [7, 11) is 0. The molecule has 0 aliphatic carbocycles. The van der Waals surface area contributed by atoms with Gasteiger partial charge in [-0.05, 0) is 22.9 Å². The molecular formula is C25H17N3O. The minimum absolute atomic E-state index is 0.189. The Kier molecular flexibility index (Phi) is 4.22. The number of fused-ring (bicyclic) bond motifs is 2. The van der Waals surface area contributed by atoms with E-state index >= 15 is 0 Å². The molecule has 0 aliphatic rings. The summed E-state index contributed by atoms with van der Waals surface area (Å²) in [6.45, 7) is 0. The van der Waals surface area contributed by atoms with Crippen LogP contribution in [-0.4, -0.2) is 15.9 Å². The van der Waals surface area contributed by atoms with Crippen LogP contribution in [-0.2, 0) is 0 Å². The highest BCUT2D eigenvalue weighted by atomic mass is 16.1. The molecule has 1 heterocycles. The van der Waals surface area contributed by atoms with Crippen molar-refractivity contribution in [2.24, 2.45) is 5.10 Å². The maximum absolute atomic E-state index is 13.2. The van der Waals surface area contributed by atoms with E-state index in [0.717, 1.165) is 21.9 Å². The van der Waals surface area contributed by atoms with E-state index in [-0.39, 0.29) is 5.56 Å². The van der Waals surface area contributed by atoms with E-state index in [2.05, 4.69) is 23.3 Å². The van der Waals surface area contributed by atoms with Gasteiger partial charge in [0, 0.05) is 11.1 Å². The first-order valence-corrected chi connectivity index (χ1v) is 9.40. The second-order valence-corrected chi connectivity index (χ2v) is 6.75. The van der Waals surface area contributed by atoms with Crippen molar-refractivity contribution in [2.75, 3.05) is 0 Å². The second kappa shape index (κ2) is 7.17. The number of nitrogens with zero attached hydrogens (tertiary/aromatic N) is 3. The van der Waals surface area contributed by atoms with Gasteiger partial charge in [-0.25, -0.2) is 4.98 Å². The van der Waals surface area contributed by atoms with Crippen LogP contribution in [0.15, 0.2) is 107 Å². The van der Waals surface area contributed by atoms with Gasteiger partial charge in [0.2, 0.25) is 0 Å². The molecule has 0 spiro atoms. The molecule has 0 N–H and O–H groups in total. The number of hydrogen-bond acceptors (Lipinski definition) is 3. The van der Waals surface area contributed by atoms with E-state index in [0.29, 0.717) is 16.7 Å². The Morgan fingerprint density at radius 1 is 0.724 bits per heavy atom. The first-order chi connectivity index (χ1) is 14.3. The molecule has 5 rings (SSSR count). The average molecular weight is 375 g/mol. The molecule has 0 amide bonds. The molecular weight excluding hydrogens is 358 g/mol. The minimum Gasteiger partial charge on any atom is -0.267 e. The molecule has 0 atom stereocenters. The highest BCUT2D eigenvalue weighted by molar-refractivity contribution is 5.99. The summed E-state index contributed by atoms with van der Waals surface area (Å²) >= 11 is 0. The van der Waals surface area contributed by atoms with Crippen molar-refractivity contribution in [3.8, 4) is 11.4 Å². The first kappa shape index (κ1) is 17.1. The Morgan fingerprint density at radius 3 is 2.28 bits per heavy atom. The standard InChI is InChI=1S/C25H17N3O/c29-25-22-15-6-7-16-23(22)27-24(19-10-2-1-3-11-19)28(25)26-17-20-13-8-12-18-9-4-5-14-21(18)20/h1-17H/b26-17+. The van der Waals surface area contributed by atoms with Crippen molar-refractivity contribution >= 4 is 27.9 Å². The monoisotopic (exact) mass is 375 g/mol. The van der Waals surface area contributed by atoms with E-state index in [4.69, 9.17) is 4.98 Å². The van der Waals surface area contributed by atoms with Gasteiger partial charge in [-0.15, -0.1) is 0 Å². The highest BCUT2D eigenvalue weighted by Gasteiger charge is 2.12. The summed E-state index contributed by atoms with van der Waals surface area (Å²) in [6.07, 6.45) is 1.73. The Hall–Kier alpha value is -4.05. The van der Waals surface area contributed by atoms with Crippen LogP contribution in [0.3, 0.4) is 0 Å². The molecule has 138 valence electrons. The topological polar surface area (TPSA) is 47.2 Å². The number of aromatic nitrogens is 2. The van der Waals surface area contributed by atoms with Crippen molar-refractivity contribution in [1.29, 1.82) is 0 Å². The quantitative estimate of drug-likeness (QED) is 0.412. The molecule has 0 radical (unpaired) electrons. The van der Waals surface area contributed by atoms with Crippen molar-refractivity contribution in [1.82, 2.24) is 9.66 Å². The third-order valence-electron chi connectivity index (χ3n) is 4.92. The molecule has 1 aromatic heterocycles. The molecule has 4 aromatic carbocycles. The maximum Gasteiger partial charge on any atom is 0.282 e. The molecule has 4 heteroatoms. The zero-order valence-electron chi connectivity index (χ0n) is 15.6. The van der Waals surface area contributed by atoms with E-state index in [1.54, 1.807) is 12.3 Å². The second-order valence-electron chi connectivity index (χ2n) is 6.75. The molecule has 0 bridgehead atoms. The zero-order valence-corrected chi connectivity index (χ0v) is 15.6. The van der Waals surface area contributed by atoms with Crippen LogP contribution < -0.4 is 5.56 Å². The number of rotatable bonds is 3. The van der Waals surface area contributed by atoms with Gasteiger partial charge in [-0.2, -0.15) is 9.78 Å². The van der Waals surface area contributed by atoms with Crippen molar-refractivity contribution in [3.63, 3.8) is 0 Å². The van der Waals surface area contributed by atoms with Gasteiger partial charge < -0.3 is 0 Å². The maximum atomic E-state index is 13.2. The summed E-state index contributed by atoms with van der Waals surface area (Å²) in [5.41, 5.74) is 2.26. The van der Waals surface area contributed by atoms with E-state index < -0.39 is 0 Å². The number of para-hydroxylation sites is 1. The van der Waals surface area contributed by atoms with Gasteiger partial charge in [-0.1, -0.05) is 84.9 Å². The van der Waals surface area contributed by atoms with Crippen molar-refractivity contribution in [2.45, 2.75) is 0 Å². The van der Waals surface area contributed by atoms with Crippen LogP contribution in [0.4, 0.5) is 0 Å². The number of hydrogen-bond donors (Lipinski definition) is 0. The lowest BCUT2D eigenvalue weighted by molar-refractivity contribution is 0.830. The summed E-state index contributed by atoms with van der Waals surface area (Å²) < 4.78 is 1.39. The van der Waals surface area contributed by atoms with Crippen molar-refractivity contribution < 1.29 is 0 Å². The average Bonchev–Trinajstić information content (AvgIpc) is 2.79.